The molecule has 0 radical (unpaired) electrons. The highest BCUT2D eigenvalue weighted by Crippen LogP contribution is 2.26. The molecule has 8 nitrogen and oxygen atoms in total. The summed E-state index contributed by atoms with van der Waals surface area (Å²) in [5, 5.41) is 8.59. The van der Waals surface area contributed by atoms with Crippen LogP contribution in [0.25, 0.3) is 11.3 Å². The van der Waals surface area contributed by atoms with Crippen molar-refractivity contribution in [3.05, 3.63) is 60.7 Å². The van der Waals surface area contributed by atoms with Gasteiger partial charge in [0, 0.05) is 31.7 Å². The largest absolute Gasteiger partial charge is 0.573 e. The summed E-state index contributed by atoms with van der Waals surface area (Å²) in [5.41, 5.74) is 1.60. The van der Waals surface area contributed by atoms with Crippen LogP contribution in [-0.2, 0) is 10.0 Å². The van der Waals surface area contributed by atoms with Crippen molar-refractivity contribution in [1.29, 1.82) is 0 Å². The molecule has 0 saturated carbocycles. The average Bonchev–Trinajstić information content (AvgIpc) is 2.84. The zero-order valence-corrected chi connectivity index (χ0v) is 19.6. The number of anilines is 1. The normalized spacial score (nSPS) is 15.1. The summed E-state index contributed by atoms with van der Waals surface area (Å²) in [6, 6.07) is 15.4. The van der Waals surface area contributed by atoms with Crippen molar-refractivity contribution in [2.45, 2.75) is 18.2 Å². The van der Waals surface area contributed by atoms with Crippen LogP contribution in [0.1, 0.15) is 6.92 Å². The van der Waals surface area contributed by atoms with E-state index >= 15 is 0 Å². The fourth-order valence-electron chi connectivity index (χ4n) is 3.66. The number of piperazine rings is 1. The first-order chi connectivity index (χ1) is 16.7. The first kappa shape index (κ1) is 24.7. The second kappa shape index (κ2) is 10.1. The number of rotatable bonds is 7. The lowest BCUT2D eigenvalue weighted by Gasteiger charge is -2.34. The van der Waals surface area contributed by atoms with Gasteiger partial charge >= 0.3 is 6.36 Å². The third kappa shape index (κ3) is 6.01. The van der Waals surface area contributed by atoms with Crippen molar-refractivity contribution in [2.24, 2.45) is 0 Å². The van der Waals surface area contributed by atoms with Gasteiger partial charge in [-0.1, -0.05) is 0 Å². The summed E-state index contributed by atoms with van der Waals surface area (Å²) in [6.45, 7) is 3.70. The Balaban J connectivity index is 1.37. The summed E-state index contributed by atoms with van der Waals surface area (Å²) in [5.74, 6) is 0.929. The number of ether oxygens (including phenoxy) is 2. The molecule has 0 aliphatic carbocycles. The van der Waals surface area contributed by atoms with Crippen molar-refractivity contribution < 1.29 is 31.1 Å². The number of halogens is 3. The van der Waals surface area contributed by atoms with E-state index < -0.39 is 22.1 Å². The molecule has 1 aliphatic rings. The highest BCUT2D eigenvalue weighted by molar-refractivity contribution is 7.89. The van der Waals surface area contributed by atoms with Gasteiger partial charge in [-0.15, -0.1) is 23.4 Å². The summed E-state index contributed by atoms with van der Waals surface area (Å²) < 4.78 is 73.3. The van der Waals surface area contributed by atoms with Crippen molar-refractivity contribution in [1.82, 2.24) is 14.5 Å². The van der Waals surface area contributed by atoms with Crippen molar-refractivity contribution in [3.8, 4) is 22.8 Å². The zero-order chi connectivity index (χ0) is 25.1. The number of nitrogens with zero attached hydrogens (tertiary/aromatic N) is 4. The molecule has 12 heteroatoms. The molecular weight excluding hydrogens is 485 g/mol. The third-order valence-electron chi connectivity index (χ3n) is 5.37. The van der Waals surface area contributed by atoms with Gasteiger partial charge in [0.15, 0.2) is 5.82 Å². The summed E-state index contributed by atoms with van der Waals surface area (Å²) in [7, 11) is -3.86. The van der Waals surface area contributed by atoms with Crippen LogP contribution in [0.3, 0.4) is 0 Å². The minimum absolute atomic E-state index is 0.0972. The Morgan fingerprint density at radius 3 is 2.03 bits per heavy atom. The Morgan fingerprint density at radius 1 is 0.857 bits per heavy atom. The molecule has 0 unspecified atom stereocenters. The van der Waals surface area contributed by atoms with Crippen LogP contribution < -0.4 is 14.4 Å². The molecule has 1 aliphatic heterocycles. The maximum absolute atomic E-state index is 12.9. The van der Waals surface area contributed by atoms with Gasteiger partial charge in [-0.05, 0) is 67.6 Å². The van der Waals surface area contributed by atoms with E-state index in [0.717, 1.165) is 35.6 Å². The summed E-state index contributed by atoms with van der Waals surface area (Å²) in [6.07, 6.45) is -4.84. The molecule has 3 aromatic rings. The molecule has 1 fully saturated rings. The molecule has 1 aromatic heterocycles. The summed E-state index contributed by atoms with van der Waals surface area (Å²) in [4.78, 5) is 1.83. The smallest absolute Gasteiger partial charge is 0.494 e. The molecule has 0 spiro atoms. The fraction of sp³-hybridized carbons (Fsp3) is 0.304. The van der Waals surface area contributed by atoms with Gasteiger partial charge < -0.3 is 14.4 Å². The van der Waals surface area contributed by atoms with Gasteiger partial charge in [-0.2, -0.15) is 4.31 Å². The van der Waals surface area contributed by atoms with Crippen LogP contribution >= 0.6 is 0 Å². The van der Waals surface area contributed by atoms with E-state index in [0.29, 0.717) is 31.2 Å². The molecular formula is C23H23F3N4O4S. The highest BCUT2D eigenvalue weighted by Gasteiger charge is 2.32. The van der Waals surface area contributed by atoms with Crippen LogP contribution in [-0.4, -0.2) is 62.1 Å². The van der Waals surface area contributed by atoms with Gasteiger partial charge in [0.2, 0.25) is 10.0 Å². The quantitative estimate of drug-likeness (QED) is 0.478. The van der Waals surface area contributed by atoms with Gasteiger partial charge in [0.25, 0.3) is 0 Å². The van der Waals surface area contributed by atoms with Gasteiger partial charge in [0.1, 0.15) is 11.5 Å². The Bertz CT molecular complexity index is 1230. The van der Waals surface area contributed by atoms with Crippen molar-refractivity contribution in [2.75, 3.05) is 37.7 Å². The third-order valence-corrected chi connectivity index (χ3v) is 7.28. The first-order valence-electron chi connectivity index (χ1n) is 10.8. The van der Waals surface area contributed by atoms with Crippen LogP contribution in [0.15, 0.2) is 65.6 Å². The summed E-state index contributed by atoms with van der Waals surface area (Å²) >= 11 is 0. The van der Waals surface area contributed by atoms with E-state index in [1.807, 2.05) is 48.2 Å². The molecule has 0 bridgehead atoms. The number of benzene rings is 2. The second-order valence-electron chi connectivity index (χ2n) is 7.64. The topological polar surface area (TPSA) is 84.9 Å². The number of sulfonamides is 1. The number of hydrogen-bond acceptors (Lipinski definition) is 7. The molecule has 186 valence electrons. The van der Waals surface area contributed by atoms with E-state index in [2.05, 4.69) is 14.9 Å². The number of hydrogen-bond donors (Lipinski definition) is 0. The molecule has 2 heterocycles. The molecule has 2 aromatic carbocycles. The Labute approximate surface area is 201 Å². The van der Waals surface area contributed by atoms with Crippen molar-refractivity contribution >= 4 is 15.8 Å². The van der Waals surface area contributed by atoms with Gasteiger partial charge in [-0.25, -0.2) is 8.42 Å². The van der Waals surface area contributed by atoms with Gasteiger partial charge in [0.05, 0.1) is 17.2 Å². The predicted molar refractivity (Wildman–Crippen MR) is 123 cm³/mol. The predicted octanol–water partition coefficient (Wildman–Crippen LogP) is 3.95. The molecule has 0 amide bonds. The maximum Gasteiger partial charge on any atom is 0.573 e. The number of alkyl halides is 3. The van der Waals surface area contributed by atoms with Crippen LogP contribution in [0.2, 0.25) is 0 Å². The Hall–Kier alpha value is -3.38. The minimum Gasteiger partial charge on any atom is -0.494 e. The SMILES string of the molecule is CCOc1ccc(-c2ccc(N3CCN(S(=O)(=O)c4ccc(OC(F)(F)F)cc4)CC3)nn2)cc1. The lowest BCUT2D eigenvalue weighted by atomic mass is 10.1. The van der Waals surface area contributed by atoms with E-state index in [1.54, 1.807) is 0 Å². The van der Waals surface area contributed by atoms with Crippen LogP contribution in [0.4, 0.5) is 19.0 Å². The second-order valence-corrected chi connectivity index (χ2v) is 9.58. The lowest BCUT2D eigenvalue weighted by molar-refractivity contribution is -0.274. The monoisotopic (exact) mass is 508 g/mol. The average molecular weight is 509 g/mol. The van der Waals surface area contributed by atoms with E-state index in [1.165, 1.54) is 4.31 Å². The first-order valence-corrected chi connectivity index (χ1v) is 12.3. The molecule has 0 N–H and O–H groups in total. The minimum atomic E-state index is -4.84. The van der Waals surface area contributed by atoms with E-state index in [9.17, 15) is 21.6 Å². The maximum atomic E-state index is 12.9. The zero-order valence-electron chi connectivity index (χ0n) is 18.8. The molecule has 35 heavy (non-hydrogen) atoms. The molecule has 0 atom stereocenters. The van der Waals surface area contributed by atoms with E-state index in [-0.39, 0.29) is 18.0 Å². The van der Waals surface area contributed by atoms with Crippen LogP contribution in [0.5, 0.6) is 11.5 Å². The molecule has 1 saturated heterocycles. The Morgan fingerprint density at radius 2 is 1.49 bits per heavy atom. The van der Waals surface area contributed by atoms with E-state index in [4.69, 9.17) is 4.74 Å². The lowest BCUT2D eigenvalue weighted by Crippen LogP contribution is -2.49. The number of aromatic nitrogens is 2. The van der Waals surface area contributed by atoms with Crippen molar-refractivity contribution in [3.63, 3.8) is 0 Å². The highest BCUT2D eigenvalue weighted by atomic mass is 32.2. The standard InChI is InChI=1S/C23H23F3N4O4S/c1-2-33-18-5-3-17(4-6-18)21-11-12-22(28-27-21)29-13-15-30(16-14-29)35(31,32)20-9-7-19(8-10-20)34-23(24,25)26/h3-12H,2,13-16H2,1H3. The van der Waals surface area contributed by atoms with Gasteiger partial charge in [-0.3, -0.25) is 0 Å². The Kier molecular flexibility index (Phi) is 7.13. The molecule has 4 rings (SSSR count). The fourth-order valence-corrected chi connectivity index (χ4v) is 5.08. The van der Waals surface area contributed by atoms with Crippen LogP contribution in [0, 0.1) is 0 Å².